The van der Waals surface area contributed by atoms with Gasteiger partial charge in [-0.3, -0.25) is 4.79 Å². The Kier molecular flexibility index (Phi) is 5.50. The number of halogens is 5. The van der Waals surface area contributed by atoms with Crippen molar-refractivity contribution in [1.82, 2.24) is 4.90 Å². The molecule has 1 aromatic rings. The molecule has 0 spiro atoms. The van der Waals surface area contributed by atoms with Crippen LogP contribution in [0.2, 0.25) is 5.02 Å². The molecule has 1 amide bonds. The summed E-state index contributed by atoms with van der Waals surface area (Å²) >= 11 is 11.2. The number of aryl methyl sites for hydroxylation is 1. The molecule has 0 bridgehead atoms. The lowest BCUT2D eigenvalue weighted by atomic mass is 10.1. The molecule has 0 heterocycles. The number of hydrogen-bond donors (Lipinski definition) is 0. The Balaban J connectivity index is 2.99. The maximum atomic E-state index is 12.4. The standard InChI is InChI=1S/C12H12Cl2F3NO/c1-8-6-9(14)2-3-10(8)11(19)18(5-4-13)7-12(15,16)17/h2-3,6H,4-5,7H2,1H3. The first-order valence-electron chi connectivity index (χ1n) is 5.42. The van der Waals surface area contributed by atoms with E-state index in [0.29, 0.717) is 15.5 Å². The van der Waals surface area contributed by atoms with Gasteiger partial charge < -0.3 is 4.90 Å². The van der Waals surface area contributed by atoms with Crippen LogP contribution in [-0.2, 0) is 0 Å². The molecule has 2 nitrogen and oxygen atoms in total. The quantitative estimate of drug-likeness (QED) is 0.772. The second-order valence-corrected chi connectivity index (χ2v) is 4.80. The lowest BCUT2D eigenvalue weighted by Crippen LogP contribution is -2.40. The van der Waals surface area contributed by atoms with Gasteiger partial charge in [0.2, 0.25) is 0 Å². The molecule has 0 saturated heterocycles. The second kappa shape index (κ2) is 6.48. The average molecular weight is 314 g/mol. The molecule has 7 heteroatoms. The molecule has 0 unspecified atom stereocenters. The van der Waals surface area contributed by atoms with Crippen molar-refractivity contribution in [2.45, 2.75) is 13.1 Å². The molecule has 1 aromatic carbocycles. The maximum Gasteiger partial charge on any atom is 0.406 e. The van der Waals surface area contributed by atoms with E-state index in [0.717, 1.165) is 0 Å². The summed E-state index contributed by atoms with van der Waals surface area (Å²) in [4.78, 5) is 12.8. The lowest BCUT2D eigenvalue weighted by Gasteiger charge is -2.23. The first-order chi connectivity index (χ1) is 8.74. The molecule has 0 saturated carbocycles. The van der Waals surface area contributed by atoms with Crippen LogP contribution in [-0.4, -0.2) is 36.0 Å². The first kappa shape index (κ1) is 16.1. The fourth-order valence-corrected chi connectivity index (χ4v) is 2.04. The summed E-state index contributed by atoms with van der Waals surface area (Å²) in [5.74, 6) is -0.763. The summed E-state index contributed by atoms with van der Waals surface area (Å²) in [7, 11) is 0. The number of nitrogens with zero attached hydrogens (tertiary/aromatic N) is 1. The van der Waals surface area contributed by atoms with Gasteiger partial charge in [0, 0.05) is 23.0 Å². The Bertz CT molecular complexity index is 463. The maximum absolute atomic E-state index is 12.4. The van der Waals surface area contributed by atoms with Gasteiger partial charge >= 0.3 is 6.18 Å². The topological polar surface area (TPSA) is 20.3 Å². The lowest BCUT2D eigenvalue weighted by molar-refractivity contribution is -0.140. The minimum atomic E-state index is -4.46. The van der Waals surface area contributed by atoms with Crippen LogP contribution in [0.1, 0.15) is 15.9 Å². The van der Waals surface area contributed by atoms with Crippen LogP contribution in [0.3, 0.4) is 0 Å². The Hall–Kier alpha value is -0.940. The Labute approximate surface area is 119 Å². The number of benzene rings is 1. The third kappa shape index (κ3) is 4.91. The highest BCUT2D eigenvalue weighted by molar-refractivity contribution is 6.30. The van der Waals surface area contributed by atoms with Crippen LogP contribution >= 0.6 is 23.2 Å². The average Bonchev–Trinajstić information content (AvgIpc) is 2.26. The van der Waals surface area contributed by atoms with Crippen LogP contribution < -0.4 is 0 Å². The van der Waals surface area contributed by atoms with Gasteiger partial charge in [-0.1, -0.05) is 11.6 Å². The van der Waals surface area contributed by atoms with Gasteiger partial charge in [0.05, 0.1) is 0 Å². The Morgan fingerprint density at radius 1 is 1.37 bits per heavy atom. The predicted molar refractivity (Wildman–Crippen MR) is 68.9 cm³/mol. The third-order valence-corrected chi connectivity index (χ3v) is 2.83. The number of carbonyl (C=O) groups is 1. The zero-order valence-corrected chi connectivity index (χ0v) is 11.6. The number of rotatable bonds is 4. The van der Waals surface area contributed by atoms with Crippen LogP contribution in [0, 0.1) is 6.92 Å². The normalized spacial score (nSPS) is 11.5. The predicted octanol–water partition coefficient (Wildman–Crippen LogP) is 3.89. The van der Waals surface area contributed by atoms with E-state index in [-0.39, 0.29) is 18.0 Å². The smallest absolute Gasteiger partial charge is 0.328 e. The highest BCUT2D eigenvalue weighted by atomic mass is 35.5. The van der Waals surface area contributed by atoms with Crippen molar-refractivity contribution < 1.29 is 18.0 Å². The zero-order chi connectivity index (χ0) is 14.6. The van der Waals surface area contributed by atoms with Crippen molar-refractivity contribution in [1.29, 1.82) is 0 Å². The van der Waals surface area contributed by atoms with Crippen molar-refractivity contribution in [2.24, 2.45) is 0 Å². The molecule has 0 aliphatic rings. The monoisotopic (exact) mass is 313 g/mol. The number of hydrogen-bond acceptors (Lipinski definition) is 1. The minimum absolute atomic E-state index is 0.0611. The highest BCUT2D eigenvalue weighted by Gasteiger charge is 2.33. The molecular weight excluding hydrogens is 302 g/mol. The van der Waals surface area contributed by atoms with E-state index in [2.05, 4.69) is 0 Å². The van der Waals surface area contributed by atoms with E-state index in [9.17, 15) is 18.0 Å². The minimum Gasteiger partial charge on any atom is -0.328 e. The van der Waals surface area contributed by atoms with Crippen molar-refractivity contribution in [2.75, 3.05) is 19.0 Å². The molecule has 0 radical (unpaired) electrons. The van der Waals surface area contributed by atoms with Crippen LogP contribution in [0.15, 0.2) is 18.2 Å². The van der Waals surface area contributed by atoms with E-state index in [1.54, 1.807) is 6.92 Å². The molecular formula is C12H12Cl2F3NO. The fourth-order valence-electron chi connectivity index (χ4n) is 1.61. The molecule has 0 aliphatic carbocycles. The summed E-state index contributed by atoms with van der Waals surface area (Å²) in [6.07, 6.45) is -4.46. The molecule has 0 N–H and O–H groups in total. The van der Waals surface area contributed by atoms with E-state index in [4.69, 9.17) is 23.2 Å². The van der Waals surface area contributed by atoms with E-state index >= 15 is 0 Å². The summed E-state index contributed by atoms with van der Waals surface area (Å²) in [6.45, 7) is 0.133. The number of alkyl halides is 4. The molecule has 1 rings (SSSR count). The second-order valence-electron chi connectivity index (χ2n) is 3.99. The Morgan fingerprint density at radius 3 is 2.47 bits per heavy atom. The van der Waals surface area contributed by atoms with Gasteiger partial charge in [-0.2, -0.15) is 13.2 Å². The van der Waals surface area contributed by atoms with E-state index in [1.807, 2.05) is 0 Å². The molecule has 0 fully saturated rings. The van der Waals surface area contributed by atoms with Crippen molar-refractivity contribution in [3.8, 4) is 0 Å². The van der Waals surface area contributed by atoms with Crippen molar-refractivity contribution >= 4 is 29.1 Å². The summed E-state index contributed by atoms with van der Waals surface area (Å²) in [5, 5.41) is 0.425. The summed E-state index contributed by atoms with van der Waals surface area (Å²) < 4.78 is 37.2. The van der Waals surface area contributed by atoms with E-state index in [1.165, 1.54) is 18.2 Å². The largest absolute Gasteiger partial charge is 0.406 e. The van der Waals surface area contributed by atoms with Crippen LogP contribution in [0.25, 0.3) is 0 Å². The van der Waals surface area contributed by atoms with Gasteiger partial charge in [-0.25, -0.2) is 0 Å². The van der Waals surface area contributed by atoms with Gasteiger partial charge in [-0.15, -0.1) is 11.6 Å². The molecule has 0 aliphatic heterocycles. The Morgan fingerprint density at radius 2 is 2.00 bits per heavy atom. The van der Waals surface area contributed by atoms with Crippen LogP contribution in [0.4, 0.5) is 13.2 Å². The van der Waals surface area contributed by atoms with Gasteiger partial charge in [-0.05, 0) is 30.7 Å². The summed E-state index contributed by atoms with van der Waals surface area (Å²) in [5.41, 5.74) is 0.720. The first-order valence-corrected chi connectivity index (χ1v) is 6.34. The van der Waals surface area contributed by atoms with Crippen molar-refractivity contribution in [3.05, 3.63) is 34.3 Å². The van der Waals surface area contributed by atoms with Gasteiger partial charge in [0.15, 0.2) is 0 Å². The molecule has 19 heavy (non-hydrogen) atoms. The molecule has 0 atom stereocenters. The molecule has 0 aromatic heterocycles. The third-order valence-electron chi connectivity index (χ3n) is 2.43. The highest BCUT2D eigenvalue weighted by Crippen LogP contribution is 2.21. The van der Waals surface area contributed by atoms with E-state index < -0.39 is 18.6 Å². The summed E-state index contributed by atoms with van der Waals surface area (Å²) in [6, 6.07) is 4.41. The number of amides is 1. The van der Waals surface area contributed by atoms with Crippen LogP contribution in [0.5, 0.6) is 0 Å². The zero-order valence-electron chi connectivity index (χ0n) is 10.1. The van der Waals surface area contributed by atoms with Gasteiger partial charge in [0.1, 0.15) is 6.54 Å². The SMILES string of the molecule is Cc1cc(Cl)ccc1C(=O)N(CCCl)CC(F)(F)F. The van der Waals surface area contributed by atoms with Crippen molar-refractivity contribution in [3.63, 3.8) is 0 Å². The molecule has 106 valence electrons. The van der Waals surface area contributed by atoms with Gasteiger partial charge in [0.25, 0.3) is 5.91 Å². The number of carbonyl (C=O) groups excluding carboxylic acids is 1. The fraction of sp³-hybridized carbons (Fsp3) is 0.417.